The molecule has 0 spiro atoms. The molecular formula is C16H14Cl2N2O2S2. The van der Waals surface area contributed by atoms with E-state index in [1.807, 2.05) is 29.7 Å². The van der Waals surface area contributed by atoms with E-state index in [2.05, 4.69) is 4.99 Å². The molecule has 0 aliphatic rings. The summed E-state index contributed by atoms with van der Waals surface area (Å²) in [6, 6.07) is 9.06. The standard InChI is InChI=1S/C16H14Cl2N2O2S2/c1-2-22-9-8-20-14-10(17)4-3-5-11(14)24-16(20)19-15(21)12-6-7-13(18)23-12/h3-7H,2,8-9H2,1H3. The summed E-state index contributed by atoms with van der Waals surface area (Å²) in [7, 11) is 0. The fourth-order valence-corrected chi connectivity index (χ4v) is 4.59. The summed E-state index contributed by atoms with van der Waals surface area (Å²) in [5, 5.41) is 0.633. The topological polar surface area (TPSA) is 43.6 Å². The van der Waals surface area contributed by atoms with Crippen LogP contribution in [0.1, 0.15) is 16.6 Å². The molecule has 0 N–H and O–H groups in total. The number of amides is 1. The molecule has 8 heteroatoms. The van der Waals surface area contributed by atoms with Gasteiger partial charge in [0.25, 0.3) is 5.91 Å². The number of aromatic nitrogens is 1. The van der Waals surface area contributed by atoms with E-state index in [-0.39, 0.29) is 5.91 Å². The Morgan fingerprint density at radius 1 is 1.25 bits per heavy atom. The van der Waals surface area contributed by atoms with Crippen LogP contribution in [-0.2, 0) is 11.3 Å². The maximum atomic E-state index is 12.4. The number of carbonyl (C=O) groups is 1. The van der Waals surface area contributed by atoms with E-state index in [0.717, 1.165) is 10.2 Å². The van der Waals surface area contributed by atoms with Crippen molar-refractivity contribution in [1.29, 1.82) is 0 Å². The lowest BCUT2D eigenvalue weighted by atomic mass is 10.3. The van der Waals surface area contributed by atoms with Crippen molar-refractivity contribution in [3.05, 3.63) is 49.4 Å². The number of thiazole rings is 1. The van der Waals surface area contributed by atoms with Crippen molar-refractivity contribution in [2.24, 2.45) is 4.99 Å². The van der Waals surface area contributed by atoms with Crippen LogP contribution in [0.5, 0.6) is 0 Å². The highest BCUT2D eigenvalue weighted by molar-refractivity contribution is 7.18. The first-order valence-corrected chi connectivity index (χ1v) is 9.69. The van der Waals surface area contributed by atoms with Crippen LogP contribution >= 0.6 is 45.9 Å². The van der Waals surface area contributed by atoms with Crippen molar-refractivity contribution in [3.63, 3.8) is 0 Å². The van der Waals surface area contributed by atoms with Crippen molar-refractivity contribution < 1.29 is 9.53 Å². The van der Waals surface area contributed by atoms with Crippen LogP contribution in [0.3, 0.4) is 0 Å². The number of benzene rings is 1. The minimum Gasteiger partial charge on any atom is -0.380 e. The number of para-hydroxylation sites is 1. The number of ether oxygens (including phenoxy) is 1. The predicted molar refractivity (Wildman–Crippen MR) is 101 cm³/mol. The largest absolute Gasteiger partial charge is 0.380 e. The van der Waals surface area contributed by atoms with E-state index in [1.165, 1.54) is 22.7 Å². The van der Waals surface area contributed by atoms with Crippen molar-refractivity contribution in [2.75, 3.05) is 13.2 Å². The summed E-state index contributed by atoms with van der Waals surface area (Å²) in [6.45, 7) is 3.68. The first kappa shape index (κ1) is 17.6. The fraction of sp³-hybridized carbons (Fsp3) is 0.250. The molecule has 1 amide bonds. The van der Waals surface area contributed by atoms with Crippen LogP contribution in [0.15, 0.2) is 35.3 Å². The molecule has 3 aromatic rings. The highest BCUT2D eigenvalue weighted by Gasteiger charge is 2.12. The first-order chi connectivity index (χ1) is 11.6. The minimum absolute atomic E-state index is 0.306. The van der Waals surface area contributed by atoms with Gasteiger partial charge in [-0.05, 0) is 31.2 Å². The zero-order valence-corrected chi connectivity index (χ0v) is 15.9. The second-order valence-electron chi connectivity index (χ2n) is 4.84. The highest BCUT2D eigenvalue weighted by atomic mass is 35.5. The third-order valence-corrected chi connectivity index (χ3v) is 5.86. The van der Waals surface area contributed by atoms with E-state index in [9.17, 15) is 4.79 Å². The molecule has 2 aromatic heterocycles. The molecule has 2 heterocycles. The summed E-state index contributed by atoms with van der Waals surface area (Å²) < 4.78 is 8.93. The Hall–Kier alpha value is -1.18. The zero-order chi connectivity index (χ0) is 17.1. The number of hydrogen-bond acceptors (Lipinski definition) is 4. The Labute approximate surface area is 156 Å². The lowest BCUT2D eigenvalue weighted by Crippen LogP contribution is -2.19. The van der Waals surface area contributed by atoms with Gasteiger partial charge in [-0.25, -0.2) is 0 Å². The van der Waals surface area contributed by atoms with Gasteiger partial charge in [0.1, 0.15) is 0 Å². The lowest BCUT2D eigenvalue weighted by Gasteiger charge is -2.06. The van der Waals surface area contributed by atoms with Crippen LogP contribution in [0.4, 0.5) is 0 Å². The number of rotatable bonds is 5. The second kappa shape index (κ2) is 7.80. The Bertz CT molecular complexity index is 943. The van der Waals surface area contributed by atoms with Gasteiger partial charge >= 0.3 is 0 Å². The van der Waals surface area contributed by atoms with E-state index < -0.39 is 0 Å². The third kappa shape index (κ3) is 3.73. The monoisotopic (exact) mass is 400 g/mol. The molecule has 3 rings (SSSR count). The predicted octanol–water partition coefficient (Wildman–Crippen LogP) is 4.85. The zero-order valence-electron chi connectivity index (χ0n) is 12.8. The van der Waals surface area contributed by atoms with E-state index >= 15 is 0 Å². The van der Waals surface area contributed by atoms with Crippen molar-refractivity contribution in [3.8, 4) is 0 Å². The molecule has 0 atom stereocenters. The summed E-state index contributed by atoms with van der Waals surface area (Å²) in [6.07, 6.45) is 0. The van der Waals surface area contributed by atoms with Gasteiger partial charge in [-0.1, -0.05) is 40.6 Å². The first-order valence-electron chi connectivity index (χ1n) is 7.30. The molecule has 0 fully saturated rings. The van der Waals surface area contributed by atoms with Gasteiger partial charge in [0, 0.05) is 13.2 Å². The molecule has 0 radical (unpaired) electrons. The maximum absolute atomic E-state index is 12.4. The molecule has 4 nitrogen and oxygen atoms in total. The number of fused-ring (bicyclic) bond motifs is 1. The van der Waals surface area contributed by atoms with Crippen LogP contribution in [0.2, 0.25) is 9.36 Å². The van der Waals surface area contributed by atoms with Gasteiger partial charge in [-0.2, -0.15) is 4.99 Å². The van der Waals surface area contributed by atoms with Crippen molar-refractivity contribution in [2.45, 2.75) is 13.5 Å². The number of halogens is 2. The summed E-state index contributed by atoms with van der Waals surface area (Å²) >= 11 is 14.9. The average molecular weight is 401 g/mol. The van der Waals surface area contributed by atoms with Gasteiger partial charge < -0.3 is 9.30 Å². The van der Waals surface area contributed by atoms with Gasteiger partial charge in [0.2, 0.25) is 0 Å². The third-order valence-electron chi connectivity index (χ3n) is 3.30. The summed E-state index contributed by atoms with van der Waals surface area (Å²) in [5.41, 5.74) is 0.875. The highest BCUT2D eigenvalue weighted by Crippen LogP contribution is 2.26. The van der Waals surface area contributed by atoms with Crippen LogP contribution in [-0.4, -0.2) is 23.7 Å². The van der Waals surface area contributed by atoms with Crippen molar-refractivity contribution >= 4 is 62.0 Å². The lowest BCUT2D eigenvalue weighted by molar-refractivity contribution is 0.100. The Kier molecular flexibility index (Phi) is 5.73. The molecule has 1 aromatic carbocycles. The minimum atomic E-state index is -0.306. The number of nitrogens with zero attached hydrogens (tertiary/aromatic N) is 2. The Balaban J connectivity index is 2.08. The second-order valence-corrected chi connectivity index (χ2v) is 7.97. The van der Waals surface area contributed by atoms with Gasteiger partial charge in [0.05, 0.1) is 31.1 Å². The molecular weight excluding hydrogens is 387 g/mol. The summed E-state index contributed by atoms with van der Waals surface area (Å²) in [5.74, 6) is -0.306. The van der Waals surface area contributed by atoms with E-state index in [0.29, 0.717) is 38.8 Å². The van der Waals surface area contributed by atoms with Gasteiger partial charge in [-0.15, -0.1) is 11.3 Å². The molecule has 0 bridgehead atoms. The molecule has 24 heavy (non-hydrogen) atoms. The van der Waals surface area contributed by atoms with Crippen LogP contribution in [0.25, 0.3) is 10.2 Å². The van der Waals surface area contributed by atoms with Gasteiger partial charge in [-0.3, -0.25) is 4.79 Å². The van der Waals surface area contributed by atoms with Crippen LogP contribution < -0.4 is 4.80 Å². The molecule has 0 saturated heterocycles. The Morgan fingerprint density at radius 2 is 2.08 bits per heavy atom. The normalized spacial score (nSPS) is 12.2. The number of hydrogen-bond donors (Lipinski definition) is 0. The molecule has 0 aliphatic heterocycles. The fourth-order valence-electron chi connectivity index (χ4n) is 2.25. The molecule has 0 aliphatic carbocycles. The average Bonchev–Trinajstić information content (AvgIpc) is 3.13. The number of thiophene rings is 1. The Morgan fingerprint density at radius 3 is 2.79 bits per heavy atom. The summed E-state index contributed by atoms with van der Waals surface area (Å²) in [4.78, 5) is 17.8. The van der Waals surface area contributed by atoms with E-state index in [1.54, 1.807) is 12.1 Å². The number of carbonyl (C=O) groups excluding carboxylic acids is 1. The quantitative estimate of drug-likeness (QED) is 0.574. The maximum Gasteiger partial charge on any atom is 0.289 e. The molecule has 126 valence electrons. The van der Waals surface area contributed by atoms with Gasteiger partial charge in [0.15, 0.2) is 4.80 Å². The molecule has 0 unspecified atom stereocenters. The van der Waals surface area contributed by atoms with Crippen LogP contribution in [0, 0.1) is 0 Å². The SMILES string of the molecule is CCOCCn1c(=NC(=O)c2ccc(Cl)s2)sc2cccc(Cl)c21. The van der Waals surface area contributed by atoms with Crippen molar-refractivity contribution in [1.82, 2.24) is 4.57 Å². The molecule has 0 saturated carbocycles. The smallest absolute Gasteiger partial charge is 0.289 e. The van der Waals surface area contributed by atoms with E-state index in [4.69, 9.17) is 27.9 Å².